The molecule has 0 atom stereocenters. The molecule has 0 N–H and O–H groups in total. The van der Waals surface area contributed by atoms with E-state index < -0.39 is 0 Å². The maximum absolute atomic E-state index is 2.14. The van der Waals surface area contributed by atoms with Crippen LogP contribution in [0.25, 0.3) is 0 Å². The molecule has 0 aromatic carbocycles. The van der Waals surface area contributed by atoms with Crippen LogP contribution in [0.1, 0.15) is 12.8 Å². The molecule has 0 fully saturated rings. The summed E-state index contributed by atoms with van der Waals surface area (Å²) < 4.78 is 0. The van der Waals surface area contributed by atoms with Crippen LogP contribution in [0.2, 0.25) is 0 Å². The van der Waals surface area contributed by atoms with Gasteiger partial charge in [0.15, 0.2) is 0 Å². The Bertz CT molecular complexity index is 236. The monoisotopic (exact) mass is 184 g/mol. The fraction of sp³-hybridized carbons (Fsp3) is 0.143. The lowest BCUT2D eigenvalue weighted by atomic mass is 10.3. The molecule has 0 bridgehead atoms. The molecule has 0 aliphatic heterocycles. The molecule has 0 spiro atoms. The van der Waals surface area contributed by atoms with Gasteiger partial charge < -0.3 is 0 Å². The Morgan fingerprint density at radius 3 is 0.929 bits per heavy atom. The maximum atomic E-state index is 2.14. The Labute approximate surface area is 86.3 Å². The van der Waals surface area contributed by atoms with Crippen molar-refractivity contribution in [2.75, 3.05) is 0 Å². The summed E-state index contributed by atoms with van der Waals surface area (Å²) in [5.74, 6) is 0. The summed E-state index contributed by atoms with van der Waals surface area (Å²) in [5.41, 5.74) is 0. The molecule has 0 amide bonds. The molecule has 0 heteroatoms. The zero-order valence-corrected chi connectivity index (χ0v) is 8.34. The second-order valence-electron chi connectivity index (χ2n) is 2.95. The van der Waals surface area contributed by atoms with E-state index >= 15 is 0 Å². The molecule has 0 aromatic heterocycles. The number of rotatable bonds is 0. The minimum absolute atomic E-state index is 0.988. The number of hydrogen-bond acceptors (Lipinski definition) is 0. The summed E-state index contributed by atoms with van der Waals surface area (Å²) in [4.78, 5) is 0. The van der Waals surface area contributed by atoms with Crippen molar-refractivity contribution in [2.24, 2.45) is 0 Å². The second kappa shape index (κ2) is 8.06. The van der Waals surface area contributed by atoms with E-state index in [2.05, 4.69) is 72.9 Å². The first-order valence-corrected chi connectivity index (χ1v) is 4.97. The van der Waals surface area contributed by atoms with E-state index in [0.717, 1.165) is 12.8 Å². The molecular weight excluding hydrogens is 168 g/mol. The topological polar surface area (TPSA) is 0 Å². The predicted molar refractivity (Wildman–Crippen MR) is 64.1 cm³/mol. The minimum Gasteiger partial charge on any atom is -0.0807 e. The summed E-state index contributed by atoms with van der Waals surface area (Å²) in [6.07, 6.45) is 27.0. The fourth-order valence-corrected chi connectivity index (χ4v) is 1.04. The van der Waals surface area contributed by atoms with E-state index in [-0.39, 0.29) is 0 Å². The van der Waals surface area contributed by atoms with Gasteiger partial charge in [0.1, 0.15) is 0 Å². The largest absolute Gasteiger partial charge is 0.0807 e. The summed E-state index contributed by atoms with van der Waals surface area (Å²) in [6.45, 7) is 0. The number of allylic oxidation sites excluding steroid dienone is 12. The first-order valence-electron chi connectivity index (χ1n) is 4.97. The van der Waals surface area contributed by atoms with Gasteiger partial charge in [-0.05, 0) is 12.8 Å². The summed E-state index contributed by atoms with van der Waals surface area (Å²) in [7, 11) is 0. The Morgan fingerprint density at radius 2 is 0.643 bits per heavy atom. The average molecular weight is 184 g/mol. The highest BCUT2D eigenvalue weighted by molar-refractivity contribution is 5.16. The van der Waals surface area contributed by atoms with Crippen molar-refractivity contribution in [1.82, 2.24) is 0 Å². The number of hydrogen-bond donors (Lipinski definition) is 0. The van der Waals surface area contributed by atoms with Gasteiger partial charge in [-0.15, -0.1) is 0 Å². The van der Waals surface area contributed by atoms with Crippen LogP contribution >= 0.6 is 0 Å². The van der Waals surface area contributed by atoms with Crippen LogP contribution < -0.4 is 0 Å². The van der Waals surface area contributed by atoms with Crippen LogP contribution in [-0.2, 0) is 0 Å². The van der Waals surface area contributed by atoms with Crippen LogP contribution in [0, 0.1) is 0 Å². The van der Waals surface area contributed by atoms with E-state index in [1.807, 2.05) is 0 Å². The summed E-state index contributed by atoms with van der Waals surface area (Å²) in [6, 6.07) is 0. The third-order valence-electron chi connectivity index (χ3n) is 1.76. The Balaban J connectivity index is 2.55. The lowest BCUT2D eigenvalue weighted by Crippen LogP contribution is -1.60. The predicted octanol–water partition coefficient (Wildman–Crippen LogP) is 4.12. The lowest BCUT2D eigenvalue weighted by Gasteiger charge is -1.82. The van der Waals surface area contributed by atoms with Gasteiger partial charge >= 0.3 is 0 Å². The van der Waals surface area contributed by atoms with Gasteiger partial charge in [-0.1, -0.05) is 72.9 Å². The third kappa shape index (κ3) is 6.01. The average Bonchev–Trinajstić information content (AvgIpc) is 2.22. The fourth-order valence-electron chi connectivity index (χ4n) is 1.04. The van der Waals surface area contributed by atoms with Crippen LogP contribution in [0.4, 0.5) is 0 Å². The molecule has 0 radical (unpaired) electrons. The van der Waals surface area contributed by atoms with Crippen LogP contribution in [0.5, 0.6) is 0 Å². The summed E-state index contributed by atoms with van der Waals surface area (Å²) in [5, 5.41) is 0. The molecular formula is C14H16. The van der Waals surface area contributed by atoms with Crippen LogP contribution in [0.3, 0.4) is 0 Å². The molecule has 0 nitrogen and oxygen atoms in total. The lowest BCUT2D eigenvalue weighted by molar-refractivity contribution is 1.38. The Kier molecular flexibility index (Phi) is 6.05. The molecule has 72 valence electrons. The molecule has 1 aliphatic carbocycles. The second-order valence-corrected chi connectivity index (χ2v) is 2.95. The molecule has 0 saturated carbocycles. The van der Waals surface area contributed by atoms with Gasteiger partial charge in [0.2, 0.25) is 0 Å². The highest BCUT2D eigenvalue weighted by Gasteiger charge is 1.71. The molecule has 1 rings (SSSR count). The van der Waals surface area contributed by atoms with Crippen molar-refractivity contribution in [1.29, 1.82) is 0 Å². The molecule has 14 heavy (non-hydrogen) atoms. The highest BCUT2D eigenvalue weighted by Crippen LogP contribution is 1.92. The molecule has 1 aliphatic rings. The standard InChI is InChI=1S/C14H16/c1-2-4-6-8-10-12-14-13-11-9-7-5-3-1/h1-6,9-14H,7-8H2/b2-1-,5-3+,6-4+,11-9+,12-10?,14-13?. The highest BCUT2D eigenvalue weighted by atomic mass is 13.8. The quantitative estimate of drug-likeness (QED) is 0.531. The van der Waals surface area contributed by atoms with Gasteiger partial charge in [-0.2, -0.15) is 0 Å². The van der Waals surface area contributed by atoms with Crippen molar-refractivity contribution in [2.45, 2.75) is 12.8 Å². The van der Waals surface area contributed by atoms with Crippen LogP contribution in [0.15, 0.2) is 72.9 Å². The molecule has 0 saturated heterocycles. The van der Waals surface area contributed by atoms with Gasteiger partial charge in [0.05, 0.1) is 0 Å². The van der Waals surface area contributed by atoms with Crippen molar-refractivity contribution in [3.8, 4) is 0 Å². The van der Waals surface area contributed by atoms with Crippen molar-refractivity contribution < 1.29 is 0 Å². The normalized spacial score (nSPS) is 26.3. The van der Waals surface area contributed by atoms with Gasteiger partial charge in [0.25, 0.3) is 0 Å². The first kappa shape index (κ1) is 10.5. The van der Waals surface area contributed by atoms with Gasteiger partial charge in [-0.3, -0.25) is 0 Å². The van der Waals surface area contributed by atoms with E-state index in [9.17, 15) is 0 Å². The first-order chi connectivity index (χ1) is 7.00. The molecule has 0 heterocycles. The van der Waals surface area contributed by atoms with E-state index in [4.69, 9.17) is 0 Å². The maximum Gasteiger partial charge on any atom is -0.0163 e. The SMILES string of the molecule is C1=C/C=C/C/C=C/C=C\C=C\CC=C1. The van der Waals surface area contributed by atoms with E-state index in [1.165, 1.54) is 0 Å². The Hall–Kier alpha value is -1.56. The zero-order chi connectivity index (χ0) is 9.90. The van der Waals surface area contributed by atoms with Crippen LogP contribution in [-0.4, -0.2) is 0 Å². The van der Waals surface area contributed by atoms with Gasteiger partial charge in [0, 0.05) is 0 Å². The zero-order valence-electron chi connectivity index (χ0n) is 8.34. The van der Waals surface area contributed by atoms with Crippen molar-refractivity contribution in [3.05, 3.63) is 72.9 Å². The molecule has 0 unspecified atom stereocenters. The third-order valence-corrected chi connectivity index (χ3v) is 1.76. The van der Waals surface area contributed by atoms with E-state index in [1.54, 1.807) is 0 Å². The minimum atomic E-state index is 0.988. The molecule has 0 aromatic rings. The van der Waals surface area contributed by atoms with Crippen molar-refractivity contribution in [3.63, 3.8) is 0 Å². The van der Waals surface area contributed by atoms with Crippen molar-refractivity contribution >= 4 is 0 Å². The Morgan fingerprint density at radius 1 is 0.357 bits per heavy atom. The summed E-state index contributed by atoms with van der Waals surface area (Å²) >= 11 is 0. The van der Waals surface area contributed by atoms with Gasteiger partial charge in [-0.25, -0.2) is 0 Å². The van der Waals surface area contributed by atoms with E-state index in [0.29, 0.717) is 0 Å². The smallest absolute Gasteiger partial charge is 0.0163 e.